The fraction of sp³-hybridized carbons (Fsp3) is 0.222. The van der Waals surface area contributed by atoms with E-state index in [0.717, 1.165) is 10.2 Å². The summed E-state index contributed by atoms with van der Waals surface area (Å²) in [6, 6.07) is 5.96. The van der Waals surface area contributed by atoms with Crippen LogP contribution in [0.2, 0.25) is 0 Å². The van der Waals surface area contributed by atoms with E-state index in [9.17, 15) is 0 Å². The first-order valence-corrected chi connectivity index (χ1v) is 4.21. The lowest BCUT2D eigenvalue weighted by Crippen LogP contribution is -1.92. The minimum Gasteiger partial charge on any atom is -0.492 e. The Morgan fingerprint density at radius 3 is 2.82 bits per heavy atom. The molecule has 0 bridgehead atoms. The van der Waals surface area contributed by atoms with Gasteiger partial charge in [-0.3, -0.25) is 0 Å². The van der Waals surface area contributed by atoms with Gasteiger partial charge in [0.15, 0.2) is 0 Å². The van der Waals surface area contributed by atoms with Crippen LogP contribution in [0.15, 0.2) is 22.7 Å². The summed E-state index contributed by atoms with van der Waals surface area (Å²) >= 11 is 3.40. The van der Waals surface area contributed by atoms with Crippen molar-refractivity contribution < 1.29 is 4.74 Å². The molecule has 0 spiro atoms. The van der Waals surface area contributed by atoms with Crippen LogP contribution < -0.4 is 4.74 Å². The Hall–Kier alpha value is -0.500. The first-order valence-electron chi connectivity index (χ1n) is 3.42. The Balaban J connectivity index is 2.90. The molecule has 0 heterocycles. The number of ether oxygens (including phenoxy) is 1. The van der Waals surface area contributed by atoms with Gasteiger partial charge in [-0.1, -0.05) is 6.07 Å². The zero-order valence-electron chi connectivity index (χ0n) is 6.43. The van der Waals surface area contributed by atoms with Gasteiger partial charge in [0.25, 0.3) is 0 Å². The molecule has 0 unspecified atom stereocenters. The van der Waals surface area contributed by atoms with Crippen molar-refractivity contribution in [1.82, 2.24) is 0 Å². The standard InChI is InChI=1S/C9H10BrO/c1-3-11-9-5-4-7(2)6-8(9)10/h4-6H,1,3H2,2H3. The van der Waals surface area contributed by atoms with Crippen LogP contribution in [-0.2, 0) is 0 Å². The van der Waals surface area contributed by atoms with Crippen LogP contribution in [0, 0.1) is 13.8 Å². The lowest BCUT2D eigenvalue weighted by molar-refractivity contribution is 0.358. The molecule has 0 saturated carbocycles. The molecule has 59 valence electrons. The van der Waals surface area contributed by atoms with Crippen LogP contribution >= 0.6 is 15.9 Å². The molecule has 1 rings (SSSR count). The predicted molar refractivity (Wildman–Crippen MR) is 49.7 cm³/mol. The maximum absolute atomic E-state index is 5.23. The second-order valence-electron chi connectivity index (χ2n) is 2.28. The van der Waals surface area contributed by atoms with E-state index in [1.54, 1.807) is 0 Å². The fourth-order valence-corrected chi connectivity index (χ4v) is 1.44. The Labute approximate surface area is 75.5 Å². The lowest BCUT2D eigenvalue weighted by Gasteiger charge is -2.05. The lowest BCUT2D eigenvalue weighted by atomic mass is 10.2. The Kier molecular flexibility index (Phi) is 2.94. The highest BCUT2D eigenvalue weighted by Crippen LogP contribution is 2.25. The second-order valence-corrected chi connectivity index (χ2v) is 3.14. The molecule has 0 aliphatic carbocycles. The number of hydrogen-bond acceptors (Lipinski definition) is 1. The van der Waals surface area contributed by atoms with Crippen molar-refractivity contribution in [3.8, 4) is 5.75 Å². The van der Waals surface area contributed by atoms with Crippen molar-refractivity contribution in [3.05, 3.63) is 35.2 Å². The molecule has 1 radical (unpaired) electrons. The first kappa shape index (κ1) is 8.60. The minimum absolute atomic E-state index is 0.460. The van der Waals surface area contributed by atoms with Crippen molar-refractivity contribution in [2.45, 2.75) is 6.92 Å². The van der Waals surface area contributed by atoms with Crippen molar-refractivity contribution in [2.75, 3.05) is 6.61 Å². The van der Waals surface area contributed by atoms with E-state index < -0.39 is 0 Å². The predicted octanol–water partition coefficient (Wildman–Crippen LogP) is 2.97. The zero-order chi connectivity index (χ0) is 8.27. The molecule has 0 saturated heterocycles. The summed E-state index contributed by atoms with van der Waals surface area (Å²) in [7, 11) is 0. The van der Waals surface area contributed by atoms with Gasteiger partial charge in [0, 0.05) is 0 Å². The molecule has 0 aliphatic heterocycles. The minimum atomic E-state index is 0.460. The van der Waals surface area contributed by atoms with Gasteiger partial charge in [-0.25, -0.2) is 0 Å². The monoisotopic (exact) mass is 213 g/mol. The molecule has 0 amide bonds. The molecule has 0 fully saturated rings. The molecule has 11 heavy (non-hydrogen) atoms. The molecule has 0 atom stereocenters. The van der Waals surface area contributed by atoms with Crippen LogP contribution in [0.4, 0.5) is 0 Å². The maximum Gasteiger partial charge on any atom is 0.133 e. The van der Waals surface area contributed by atoms with E-state index >= 15 is 0 Å². The second kappa shape index (κ2) is 3.77. The van der Waals surface area contributed by atoms with Gasteiger partial charge in [0.05, 0.1) is 11.1 Å². The summed E-state index contributed by atoms with van der Waals surface area (Å²) in [5.41, 5.74) is 1.22. The van der Waals surface area contributed by atoms with Gasteiger partial charge in [0.2, 0.25) is 0 Å². The summed E-state index contributed by atoms with van der Waals surface area (Å²) in [6.45, 7) is 6.10. The molecular weight excluding hydrogens is 204 g/mol. The molecule has 0 aromatic heterocycles. The average molecular weight is 214 g/mol. The van der Waals surface area contributed by atoms with Gasteiger partial charge in [-0.2, -0.15) is 0 Å². The number of hydrogen-bond donors (Lipinski definition) is 0. The summed E-state index contributed by atoms with van der Waals surface area (Å²) in [6.07, 6.45) is 0. The third-order valence-corrected chi connectivity index (χ3v) is 1.96. The molecule has 1 aromatic rings. The van der Waals surface area contributed by atoms with Crippen LogP contribution in [0.5, 0.6) is 5.75 Å². The zero-order valence-corrected chi connectivity index (χ0v) is 8.02. The average Bonchev–Trinajstić information content (AvgIpc) is 1.95. The summed E-state index contributed by atoms with van der Waals surface area (Å²) in [5, 5.41) is 0. The fourth-order valence-electron chi connectivity index (χ4n) is 0.833. The Morgan fingerprint density at radius 2 is 2.27 bits per heavy atom. The maximum atomic E-state index is 5.23. The Morgan fingerprint density at radius 1 is 1.55 bits per heavy atom. The van der Waals surface area contributed by atoms with Crippen LogP contribution in [0.3, 0.4) is 0 Å². The molecule has 0 N–H and O–H groups in total. The molecule has 2 heteroatoms. The quantitative estimate of drug-likeness (QED) is 0.735. The summed E-state index contributed by atoms with van der Waals surface area (Å²) in [4.78, 5) is 0. The topological polar surface area (TPSA) is 9.23 Å². The molecule has 0 aliphatic rings. The number of benzene rings is 1. The highest BCUT2D eigenvalue weighted by atomic mass is 79.9. The van der Waals surface area contributed by atoms with E-state index in [1.807, 2.05) is 25.1 Å². The highest BCUT2D eigenvalue weighted by Gasteiger charge is 1.98. The van der Waals surface area contributed by atoms with E-state index in [4.69, 9.17) is 4.74 Å². The summed E-state index contributed by atoms with van der Waals surface area (Å²) in [5.74, 6) is 0.852. The number of aryl methyl sites for hydroxylation is 1. The van der Waals surface area contributed by atoms with Gasteiger partial charge < -0.3 is 4.74 Å². The number of rotatable bonds is 2. The van der Waals surface area contributed by atoms with Gasteiger partial charge in [-0.15, -0.1) is 0 Å². The third-order valence-electron chi connectivity index (χ3n) is 1.34. The SMILES string of the molecule is [CH2]COc1ccc(C)cc1Br. The molecule has 1 aromatic carbocycles. The van der Waals surface area contributed by atoms with Crippen LogP contribution in [0.1, 0.15) is 5.56 Å². The van der Waals surface area contributed by atoms with Crippen molar-refractivity contribution in [2.24, 2.45) is 0 Å². The van der Waals surface area contributed by atoms with Crippen molar-refractivity contribution >= 4 is 15.9 Å². The summed E-state index contributed by atoms with van der Waals surface area (Å²) < 4.78 is 6.22. The molecule has 1 nitrogen and oxygen atoms in total. The normalized spacial score (nSPS) is 9.73. The largest absolute Gasteiger partial charge is 0.492 e. The van der Waals surface area contributed by atoms with Gasteiger partial charge >= 0.3 is 0 Å². The van der Waals surface area contributed by atoms with Gasteiger partial charge in [-0.05, 0) is 47.5 Å². The van der Waals surface area contributed by atoms with E-state index in [1.165, 1.54) is 5.56 Å². The molecular formula is C9H10BrO. The highest BCUT2D eigenvalue weighted by molar-refractivity contribution is 9.10. The Bertz CT molecular complexity index is 245. The first-order chi connectivity index (χ1) is 5.24. The van der Waals surface area contributed by atoms with Crippen molar-refractivity contribution in [3.63, 3.8) is 0 Å². The van der Waals surface area contributed by atoms with E-state index in [-0.39, 0.29) is 0 Å². The van der Waals surface area contributed by atoms with E-state index in [0.29, 0.717) is 6.61 Å². The third kappa shape index (κ3) is 2.22. The van der Waals surface area contributed by atoms with Crippen LogP contribution in [-0.4, -0.2) is 6.61 Å². The van der Waals surface area contributed by atoms with Gasteiger partial charge in [0.1, 0.15) is 5.75 Å². The van der Waals surface area contributed by atoms with Crippen molar-refractivity contribution in [1.29, 1.82) is 0 Å². The van der Waals surface area contributed by atoms with E-state index in [2.05, 4.69) is 22.9 Å². The smallest absolute Gasteiger partial charge is 0.133 e. The number of halogens is 1. The van der Waals surface area contributed by atoms with Crippen LogP contribution in [0.25, 0.3) is 0 Å².